The van der Waals surface area contributed by atoms with Crippen molar-refractivity contribution in [3.8, 4) is 11.5 Å². The first kappa shape index (κ1) is 23.3. The van der Waals surface area contributed by atoms with Crippen LogP contribution in [0.25, 0.3) is 11.5 Å². The predicted molar refractivity (Wildman–Crippen MR) is 121 cm³/mol. The minimum Gasteiger partial charge on any atom is -0.441 e. The number of hydrogen-bond acceptors (Lipinski definition) is 4. The van der Waals surface area contributed by atoms with Crippen molar-refractivity contribution in [2.75, 3.05) is 26.2 Å². The van der Waals surface area contributed by atoms with Crippen LogP contribution in [0.4, 0.5) is 4.39 Å². The van der Waals surface area contributed by atoms with Gasteiger partial charge in [-0.25, -0.2) is 9.37 Å². The van der Waals surface area contributed by atoms with Crippen molar-refractivity contribution in [3.63, 3.8) is 0 Å². The van der Waals surface area contributed by atoms with Crippen LogP contribution in [0.5, 0.6) is 0 Å². The number of halogens is 3. The molecular weight excluding hydrogens is 440 g/mol. The fourth-order valence-corrected chi connectivity index (χ4v) is 3.77. The van der Waals surface area contributed by atoms with Crippen molar-refractivity contribution in [2.45, 2.75) is 19.9 Å². The molecule has 0 atom stereocenters. The molecule has 0 saturated carbocycles. The van der Waals surface area contributed by atoms with Crippen LogP contribution in [-0.4, -0.2) is 46.9 Å². The number of amides is 1. The van der Waals surface area contributed by atoms with Gasteiger partial charge in [0, 0.05) is 43.3 Å². The molecule has 3 aromatic rings. The fraction of sp³-hybridized carbons (Fsp3) is 0.304. The predicted octanol–water partition coefficient (Wildman–Crippen LogP) is 4.75. The van der Waals surface area contributed by atoms with E-state index in [-0.39, 0.29) is 24.1 Å². The molecule has 0 bridgehead atoms. The van der Waals surface area contributed by atoms with E-state index in [0.29, 0.717) is 37.0 Å². The highest BCUT2D eigenvalue weighted by atomic mass is 35.5. The van der Waals surface area contributed by atoms with Crippen LogP contribution in [0.15, 0.2) is 52.9 Å². The second kappa shape index (κ2) is 10.3. The Morgan fingerprint density at radius 1 is 1.13 bits per heavy atom. The first-order valence-electron chi connectivity index (χ1n) is 9.95. The number of rotatable bonds is 5. The van der Waals surface area contributed by atoms with Gasteiger partial charge in [-0.05, 0) is 42.8 Å². The zero-order valence-electron chi connectivity index (χ0n) is 17.2. The van der Waals surface area contributed by atoms with E-state index in [1.807, 2.05) is 36.1 Å². The number of aromatic nitrogens is 1. The Hall–Kier alpha value is -2.41. The summed E-state index contributed by atoms with van der Waals surface area (Å²) in [6.07, 6.45) is 0.297. The highest BCUT2D eigenvalue weighted by Gasteiger charge is 2.23. The third-order valence-electron chi connectivity index (χ3n) is 5.33. The Bertz CT molecular complexity index is 1030. The summed E-state index contributed by atoms with van der Waals surface area (Å²) in [7, 11) is 0. The Kier molecular flexibility index (Phi) is 7.70. The second-order valence-corrected chi connectivity index (χ2v) is 7.93. The van der Waals surface area contributed by atoms with Gasteiger partial charge in [0.05, 0.1) is 12.1 Å². The van der Waals surface area contributed by atoms with Crippen molar-refractivity contribution in [2.24, 2.45) is 0 Å². The lowest BCUT2D eigenvalue weighted by molar-refractivity contribution is -0.132. The quantitative estimate of drug-likeness (QED) is 0.547. The second-order valence-electron chi connectivity index (χ2n) is 7.49. The van der Waals surface area contributed by atoms with Gasteiger partial charge in [-0.3, -0.25) is 9.69 Å². The first-order valence-corrected chi connectivity index (χ1v) is 10.3. The molecule has 1 aromatic heterocycles. The largest absolute Gasteiger partial charge is 0.441 e. The van der Waals surface area contributed by atoms with Gasteiger partial charge in [0.2, 0.25) is 11.8 Å². The standard InChI is InChI=1S/C23H23ClFN3O2.ClH/c1-16-21(26-23(30-16)18-3-2-4-19(24)14-18)15-27-9-11-28(12-10-27)22(29)13-17-5-7-20(25)8-6-17;/h2-8,14H,9-13,15H2,1H3;1H. The maximum absolute atomic E-state index is 13.0. The molecule has 1 amide bonds. The van der Waals surface area contributed by atoms with Crippen LogP contribution < -0.4 is 0 Å². The molecule has 8 heteroatoms. The van der Waals surface area contributed by atoms with Gasteiger partial charge in [-0.1, -0.05) is 29.8 Å². The maximum Gasteiger partial charge on any atom is 0.227 e. The highest BCUT2D eigenvalue weighted by Crippen LogP contribution is 2.25. The zero-order chi connectivity index (χ0) is 21.1. The van der Waals surface area contributed by atoms with Gasteiger partial charge >= 0.3 is 0 Å². The molecule has 31 heavy (non-hydrogen) atoms. The summed E-state index contributed by atoms with van der Waals surface area (Å²) in [6.45, 7) is 5.47. The normalized spacial score (nSPS) is 14.4. The molecule has 164 valence electrons. The SMILES string of the molecule is Cc1oc(-c2cccc(Cl)c2)nc1CN1CCN(C(=O)Cc2ccc(F)cc2)CC1.Cl. The van der Waals surface area contributed by atoms with Crippen molar-refractivity contribution in [3.05, 3.63) is 76.4 Å². The van der Waals surface area contributed by atoms with Crippen molar-refractivity contribution in [1.29, 1.82) is 0 Å². The van der Waals surface area contributed by atoms with Gasteiger partial charge in [0.1, 0.15) is 11.6 Å². The molecule has 2 aromatic carbocycles. The summed E-state index contributed by atoms with van der Waals surface area (Å²) in [5.41, 5.74) is 2.58. The molecule has 1 aliphatic heterocycles. The number of benzene rings is 2. The van der Waals surface area contributed by atoms with E-state index in [9.17, 15) is 9.18 Å². The lowest BCUT2D eigenvalue weighted by Gasteiger charge is -2.34. The highest BCUT2D eigenvalue weighted by molar-refractivity contribution is 6.30. The van der Waals surface area contributed by atoms with Crippen LogP contribution in [0.1, 0.15) is 17.0 Å². The molecule has 0 spiro atoms. The molecule has 1 saturated heterocycles. The van der Waals surface area contributed by atoms with E-state index in [2.05, 4.69) is 9.88 Å². The van der Waals surface area contributed by atoms with Crippen LogP contribution in [-0.2, 0) is 17.8 Å². The summed E-state index contributed by atoms with van der Waals surface area (Å²) < 4.78 is 18.9. The smallest absolute Gasteiger partial charge is 0.227 e. The Labute approximate surface area is 192 Å². The van der Waals surface area contributed by atoms with Crippen molar-refractivity contribution >= 4 is 29.9 Å². The summed E-state index contributed by atoms with van der Waals surface area (Å²) >= 11 is 6.07. The fourth-order valence-electron chi connectivity index (χ4n) is 3.58. The molecule has 0 aliphatic carbocycles. The monoisotopic (exact) mass is 463 g/mol. The summed E-state index contributed by atoms with van der Waals surface area (Å²) in [5, 5.41) is 0.645. The summed E-state index contributed by atoms with van der Waals surface area (Å²) in [6, 6.07) is 13.5. The lowest BCUT2D eigenvalue weighted by Crippen LogP contribution is -2.48. The number of piperazine rings is 1. The van der Waals surface area contributed by atoms with Crippen molar-refractivity contribution < 1.29 is 13.6 Å². The van der Waals surface area contributed by atoms with Crippen LogP contribution in [0, 0.1) is 12.7 Å². The van der Waals surface area contributed by atoms with Gasteiger partial charge in [-0.15, -0.1) is 12.4 Å². The molecule has 2 heterocycles. The topological polar surface area (TPSA) is 49.6 Å². The Morgan fingerprint density at radius 3 is 2.52 bits per heavy atom. The number of carbonyl (C=O) groups excluding carboxylic acids is 1. The third-order valence-corrected chi connectivity index (χ3v) is 5.57. The van der Waals surface area contributed by atoms with E-state index in [0.717, 1.165) is 35.7 Å². The molecule has 0 unspecified atom stereocenters. The van der Waals surface area contributed by atoms with E-state index in [1.54, 1.807) is 12.1 Å². The number of oxazole rings is 1. The number of hydrogen-bond donors (Lipinski definition) is 0. The van der Waals surface area contributed by atoms with Crippen molar-refractivity contribution in [1.82, 2.24) is 14.8 Å². The molecule has 0 radical (unpaired) electrons. The number of nitrogens with zero attached hydrogens (tertiary/aromatic N) is 3. The molecule has 0 N–H and O–H groups in total. The minimum absolute atomic E-state index is 0. The third kappa shape index (κ3) is 5.85. The minimum atomic E-state index is -0.290. The zero-order valence-corrected chi connectivity index (χ0v) is 18.8. The average molecular weight is 464 g/mol. The molecule has 1 aliphatic rings. The Morgan fingerprint density at radius 2 is 1.84 bits per heavy atom. The molecule has 5 nitrogen and oxygen atoms in total. The Balaban J connectivity index is 0.00000272. The van der Waals surface area contributed by atoms with Gasteiger partial charge in [0.25, 0.3) is 0 Å². The van der Waals surface area contributed by atoms with Crippen LogP contribution in [0.3, 0.4) is 0 Å². The van der Waals surface area contributed by atoms with Gasteiger partial charge in [-0.2, -0.15) is 0 Å². The van der Waals surface area contributed by atoms with E-state index in [4.69, 9.17) is 16.0 Å². The molecule has 1 fully saturated rings. The van der Waals surface area contributed by atoms with E-state index in [1.165, 1.54) is 12.1 Å². The lowest BCUT2D eigenvalue weighted by atomic mass is 10.1. The van der Waals surface area contributed by atoms with Crippen LogP contribution >= 0.6 is 24.0 Å². The summed E-state index contributed by atoms with van der Waals surface area (Å²) in [5.74, 6) is 1.14. The van der Waals surface area contributed by atoms with Gasteiger partial charge < -0.3 is 9.32 Å². The summed E-state index contributed by atoms with van der Waals surface area (Å²) in [4.78, 5) is 21.3. The number of aryl methyl sites for hydroxylation is 1. The average Bonchev–Trinajstić information content (AvgIpc) is 3.10. The van der Waals surface area contributed by atoms with Crippen LogP contribution in [0.2, 0.25) is 5.02 Å². The number of carbonyl (C=O) groups is 1. The van der Waals surface area contributed by atoms with Gasteiger partial charge in [0.15, 0.2) is 0 Å². The first-order chi connectivity index (χ1) is 14.5. The molecule has 4 rings (SSSR count). The maximum atomic E-state index is 13.0. The molecular formula is C23H24Cl2FN3O2. The van der Waals surface area contributed by atoms with E-state index >= 15 is 0 Å². The van der Waals surface area contributed by atoms with E-state index < -0.39 is 0 Å².